The molecule has 7 heteroatoms. The van der Waals surface area contributed by atoms with Gasteiger partial charge in [-0.25, -0.2) is 0 Å². The average molecular weight is 539 g/mol. The summed E-state index contributed by atoms with van der Waals surface area (Å²) in [5.41, 5.74) is 2.78. The van der Waals surface area contributed by atoms with E-state index >= 15 is 0 Å². The minimum absolute atomic E-state index is 0.0530. The summed E-state index contributed by atoms with van der Waals surface area (Å²) in [6, 6.07) is 25.2. The van der Waals surface area contributed by atoms with E-state index in [4.69, 9.17) is 23.2 Å². The topological polar surface area (TPSA) is 52.7 Å². The van der Waals surface area contributed by atoms with Crippen LogP contribution in [-0.4, -0.2) is 53.8 Å². The van der Waals surface area contributed by atoms with E-state index in [1.807, 2.05) is 30.9 Å². The molecular weight excluding hydrogens is 505 g/mol. The Bertz CT molecular complexity index is 1160. The number of carbonyl (C=O) groups excluding carboxylic acids is 2. The van der Waals surface area contributed by atoms with Crippen LogP contribution in [-0.2, 0) is 4.79 Å². The van der Waals surface area contributed by atoms with E-state index in [0.717, 1.165) is 13.1 Å². The molecule has 1 fully saturated rings. The number of piperazine rings is 1. The lowest BCUT2D eigenvalue weighted by atomic mass is 9.96. The van der Waals surface area contributed by atoms with Crippen molar-refractivity contribution in [3.63, 3.8) is 0 Å². The van der Waals surface area contributed by atoms with E-state index in [9.17, 15) is 9.59 Å². The first kappa shape index (κ1) is 27.2. The number of nitrogens with one attached hydrogen (secondary N) is 1. The van der Waals surface area contributed by atoms with Crippen LogP contribution < -0.4 is 5.32 Å². The molecule has 3 aromatic rings. The maximum absolute atomic E-state index is 13.6. The fourth-order valence-corrected chi connectivity index (χ4v) is 5.40. The lowest BCUT2D eigenvalue weighted by molar-refractivity contribution is -0.135. The van der Waals surface area contributed by atoms with Gasteiger partial charge in [-0.3, -0.25) is 14.5 Å². The maximum Gasteiger partial charge on any atom is 0.253 e. The second-order valence-corrected chi connectivity index (χ2v) is 10.7. The van der Waals surface area contributed by atoms with Crippen molar-refractivity contribution in [2.24, 2.45) is 5.92 Å². The molecule has 0 saturated carbocycles. The zero-order chi connectivity index (χ0) is 26.4. The zero-order valence-electron chi connectivity index (χ0n) is 21.2. The van der Waals surface area contributed by atoms with E-state index in [1.165, 1.54) is 17.2 Å². The van der Waals surface area contributed by atoms with Gasteiger partial charge in [0.05, 0.1) is 16.6 Å². The monoisotopic (exact) mass is 537 g/mol. The largest absolute Gasteiger partial charge is 0.340 e. The van der Waals surface area contributed by atoms with Gasteiger partial charge in [0, 0.05) is 31.2 Å². The molecule has 5 nitrogen and oxygen atoms in total. The molecule has 37 heavy (non-hydrogen) atoms. The molecule has 1 heterocycles. The maximum atomic E-state index is 13.6. The van der Waals surface area contributed by atoms with Crippen LogP contribution in [0.25, 0.3) is 0 Å². The van der Waals surface area contributed by atoms with Crippen LogP contribution in [0.4, 0.5) is 0 Å². The van der Waals surface area contributed by atoms with E-state index in [2.05, 4.69) is 58.7 Å². The molecule has 2 amide bonds. The molecule has 0 aliphatic carbocycles. The van der Waals surface area contributed by atoms with Crippen LogP contribution in [0.5, 0.6) is 0 Å². The summed E-state index contributed by atoms with van der Waals surface area (Å²) in [5.74, 6) is -0.188. The second-order valence-electron chi connectivity index (χ2n) is 9.86. The third kappa shape index (κ3) is 6.92. The third-order valence-electron chi connectivity index (χ3n) is 6.71. The highest BCUT2D eigenvalue weighted by atomic mass is 35.5. The van der Waals surface area contributed by atoms with Crippen molar-refractivity contribution in [3.05, 3.63) is 106 Å². The number of halogens is 2. The van der Waals surface area contributed by atoms with Gasteiger partial charge in [-0.1, -0.05) is 97.7 Å². The molecule has 1 aliphatic heterocycles. The molecule has 3 aromatic carbocycles. The smallest absolute Gasteiger partial charge is 0.253 e. The summed E-state index contributed by atoms with van der Waals surface area (Å²) in [5, 5.41) is 3.66. The van der Waals surface area contributed by atoms with Crippen molar-refractivity contribution in [2.45, 2.75) is 32.4 Å². The lowest BCUT2D eigenvalue weighted by Gasteiger charge is -2.41. The third-order valence-corrected chi connectivity index (χ3v) is 7.26. The van der Waals surface area contributed by atoms with Crippen LogP contribution in [0.2, 0.25) is 10.0 Å². The van der Waals surface area contributed by atoms with Gasteiger partial charge in [0.25, 0.3) is 5.91 Å². The molecule has 194 valence electrons. The minimum Gasteiger partial charge on any atom is -0.340 e. The highest BCUT2D eigenvalue weighted by molar-refractivity contribution is 6.36. The summed E-state index contributed by atoms with van der Waals surface area (Å²) in [6.07, 6.45) is 0.548. The van der Waals surface area contributed by atoms with Crippen LogP contribution in [0.3, 0.4) is 0 Å². The fraction of sp³-hybridized carbons (Fsp3) is 0.333. The van der Waals surface area contributed by atoms with Gasteiger partial charge in [-0.05, 0) is 41.7 Å². The molecule has 4 rings (SSSR count). The molecular formula is C30H33Cl2N3O2. The summed E-state index contributed by atoms with van der Waals surface area (Å²) < 4.78 is 0. The molecule has 0 unspecified atom stereocenters. The number of amides is 2. The van der Waals surface area contributed by atoms with Crippen molar-refractivity contribution in [1.29, 1.82) is 0 Å². The standard InChI is InChI=1S/C30H33Cl2N3O2/c1-21(2)19-27(33-29(36)25-14-13-24(31)20-26(25)32)30(37)35-17-15-34(16-18-35)28(22-9-5-3-6-10-22)23-11-7-4-8-12-23/h3-14,20-21,27-28H,15-19H2,1-2H3,(H,33,36)/t27-/m0/s1. The Balaban J connectivity index is 1.46. The SMILES string of the molecule is CC(C)C[C@H](NC(=O)c1ccc(Cl)cc1Cl)C(=O)N1CCN(C(c2ccccc2)c2ccccc2)CC1. The summed E-state index contributed by atoms with van der Waals surface area (Å²) >= 11 is 12.2. The Morgan fingerprint density at radius 1 is 0.838 bits per heavy atom. The van der Waals surface area contributed by atoms with Gasteiger partial charge < -0.3 is 10.2 Å². The van der Waals surface area contributed by atoms with Gasteiger partial charge >= 0.3 is 0 Å². The first-order valence-corrected chi connectivity index (χ1v) is 13.5. The van der Waals surface area contributed by atoms with Gasteiger partial charge in [0.1, 0.15) is 6.04 Å². The Kier molecular flexibility index (Phi) is 9.25. The summed E-state index contributed by atoms with van der Waals surface area (Å²) in [6.45, 7) is 6.77. The number of hydrogen-bond donors (Lipinski definition) is 1. The quantitative estimate of drug-likeness (QED) is 0.379. The second kappa shape index (κ2) is 12.6. The van der Waals surface area contributed by atoms with Crippen molar-refractivity contribution < 1.29 is 9.59 Å². The van der Waals surface area contributed by atoms with E-state index in [1.54, 1.807) is 12.1 Å². The van der Waals surface area contributed by atoms with Crippen LogP contribution in [0.1, 0.15) is 47.8 Å². The minimum atomic E-state index is -0.621. The molecule has 0 aromatic heterocycles. The van der Waals surface area contributed by atoms with Crippen LogP contribution >= 0.6 is 23.2 Å². The number of rotatable bonds is 8. The Hall–Kier alpha value is -2.86. The molecule has 0 spiro atoms. The van der Waals surface area contributed by atoms with Gasteiger partial charge in [-0.2, -0.15) is 0 Å². The highest BCUT2D eigenvalue weighted by Gasteiger charge is 2.32. The molecule has 1 atom stereocenters. The Labute approximate surface area is 229 Å². The predicted molar refractivity (Wildman–Crippen MR) is 150 cm³/mol. The van der Waals surface area contributed by atoms with Crippen LogP contribution in [0, 0.1) is 5.92 Å². The summed E-state index contributed by atoms with van der Waals surface area (Å²) in [7, 11) is 0. The molecule has 1 saturated heterocycles. The van der Waals surface area contributed by atoms with E-state index < -0.39 is 6.04 Å². The van der Waals surface area contributed by atoms with Crippen molar-refractivity contribution in [1.82, 2.24) is 15.1 Å². The normalized spacial score (nSPS) is 15.1. The van der Waals surface area contributed by atoms with Gasteiger partial charge in [0.15, 0.2) is 0 Å². The van der Waals surface area contributed by atoms with Crippen molar-refractivity contribution in [2.75, 3.05) is 26.2 Å². The highest BCUT2D eigenvalue weighted by Crippen LogP contribution is 2.29. The number of nitrogens with zero attached hydrogens (tertiary/aromatic N) is 2. The van der Waals surface area contributed by atoms with E-state index in [-0.39, 0.29) is 28.8 Å². The van der Waals surface area contributed by atoms with Crippen LogP contribution in [0.15, 0.2) is 78.9 Å². The molecule has 1 N–H and O–H groups in total. The molecule has 0 bridgehead atoms. The molecule has 0 radical (unpaired) electrons. The van der Waals surface area contributed by atoms with Crippen molar-refractivity contribution in [3.8, 4) is 0 Å². The predicted octanol–water partition coefficient (Wildman–Crippen LogP) is 6.07. The Morgan fingerprint density at radius 3 is 1.92 bits per heavy atom. The van der Waals surface area contributed by atoms with Crippen molar-refractivity contribution >= 4 is 35.0 Å². The number of benzene rings is 3. The fourth-order valence-electron chi connectivity index (χ4n) is 4.91. The zero-order valence-corrected chi connectivity index (χ0v) is 22.8. The number of carbonyl (C=O) groups is 2. The Morgan fingerprint density at radius 2 is 1.41 bits per heavy atom. The first-order valence-electron chi connectivity index (χ1n) is 12.7. The lowest BCUT2D eigenvalue weighted by Crippen LogP contribution is -2.55. The van der Waals surface area contributed by atoms with Gasteiger partial charge in [-0.15, -0.1) is 0 Å². The average Bonchev–Trinajstić information content (AvgIpc) is 2.89. The number of hydrogen-bond acceptors (Lipinski definition) is 3. The first-order chi connectivity index (χ1) is 17.8. The van der Waals surface area contributed by atoms with Gasteiger partial charge in [0.2, 0.25) is 5.91 Å². The molecule has 1 aliphatic rings. The van der Waals surface area contributed by atoms with E-state index in [0.29, 0.717) is 30.1 Å². The summed E-state index contributed by atoms with van der Waals surface area (Å²) in [4.78, 5) is 30.9.